The second kappa shape index (κ2) is 3.61. The highest BCUT2D eigenvalue weighted by atomic mass is 19.1. The van der Waals surface area contributed by atoms with E-state index in [2.05, 4.69) is 0 Å². The summed E-state index contributed by atoms with van der Waals surface area (Å²) < 4.78 is 30.8. The number of ether oxygens (including phenoxy) is 1. The van der Waals surface area contributed by atoms with E-state index in [4.69, 9.17) is 4.74 Å². The van der Waals surface area contributed by atoms with Crippen LogP contribution in [0.5, 0.6) is 0 Å². The molecule has 4 heteroatoms. The second-order valence-corrected chi connectivity index (χ2v) is 3.79. The van der Waals surface area contributed by atoms with Crippen molar-refractivity contribution in [3.63, 3.8) is 0 Å². The Bertz CT molecular complexity index is 383. The van der Waals surface area contributed by atoms with Crippen LogP contribution in [0.3, 0.4) is 0 Å². The van der Waals surface area contributed by atoms with Gasteiger partial charge in [-0.05, 0) is 17.7 Å². The lowest BCUT2D eigenvalue weighted by Gasteiger charge is -2.14. The van der Waals surface area contributed by atoms with Gasteiger partial charge in [-0.15, -0.1) is 0 Å². The van der Waals surface area contributed by atoms with Gasteiger partial charge in [0.1, 0.15) is 17.7 Å². The first-order valence-corrected chi connectivity index (χ1v) is 4.72. The zero-order valence-corrected chi connectivity index (χ0v) is 8.17. The van der Waals surface area contributed by atoms with Crippen LogP contribution in [0.25, 0.3) is 0 Å². The first kappa shape index (κ1) is 10.1. The van der Waals surface area contributed by atoms with Crippen LogP contribution < -0.4 is 0 Å². The van der Waals surface area contributed by atoms with Crippen molar-refractivity contribution >= 4 is 5.97 Å². The third kappa shape index (κ3) is 1.98. The number of hydrogen-bond acceptors (Lipinski definition) is 2. The molecular weight excluding hydrogens is 202 g/mol. The Hall–Kier alpha value is -1.45. The molecule has 1 fully saturated rings. The van der Waals surface area contributed by atoms with Crippen LogP contribution in [0.15, 0.2) is 18.2 Å². The molecule has 0 aromatic heterocycles. The van der Waals surface area contributed by atoms with Gasteiger partial charge in [-0.3, -0.25) is 4.79 Å². The molecule has 1 aromatic carbocycles. The van der Waals surface area contributed by atoms with Crippen LogP contribution >= 0.6 is 0 Å². The third-order valence-electron chi connectivity index (χ3n) is 2.48. The Morgan fingerprint density at radius 1 is 1.27 bits per heavy atom. The summed E-state index contributed by atoms with van der Waals surface area (Å²) in [5, 5.41) is 0. The number of carbonyl (C=O) groups excluding carboxylic acids is 1. The molecule has 0 amide bonds. The van der Waals surface area contributed by atoms with E-state index in [1.54, 1.807) is 0 Å². The molecule has 2 rings (SSSR count). The number of hydrogen-bond donors (Lipinski definition) is 0. The molecule has 0 bridgehead atoms. The third-order valence-corrected chi connectivity index (χ3v) is 2.48. The molecule has 15 heavy (non-hydrogen) atoms. The minimum absolute atomic E-state index is 0.0429. The highest BCUT2D eigenvalue weighted by Crippen LogP contribution is 2.35. The number of halogens is 2. The molecule has 0 saturated carbocycles. The van der Waals surface area contributed by atoms with Crippen LogP contribution in [-0.4, -0.2) is 5.97 Å². The zero-order valence-electron chi connectivity index (χ0n) is 8.17. The predicted octanol–water partition coefficient (Wildman–Crippen LogP) is 2.59. The van der Waals surface area contributed by atoms with Crippen molar-refractivity contribution in [3.8, 4) is 0 Å². The average Bonchev–Trinajstić information content (AvgIpc) is 2.43. The largest absolute Gasteiger partial charge is 0.457 e. The van der Waals surface area contributed by atoms with Crippen LogP contribution in [0.4, 0.5) is 8.78 Å². The minimum Gasteiger partial charge on any atom is -0.457 e. The Morgan fingerprint density at radius 3 is 2.33 bits per heavy atom. The van der Waals surface area contributed by atoms with Crippen molar-refractivity contribution in [2.75, 3.05) is 0 Å². The lowest BCUT2D eigenvalue weighted by atomic mass is 9.97. The Balaban J connectivity index is 2.33. The lowest BCUT2D eigenvalue weighted by Crippen LogP contribution is -2.05. The molecular formula is C11H10F2O2. The molecule has 1 aromatic rings. The van der Waals surface area contributed by atoms with E-state index in [1.165, 1.54) is 12.1 Å². The van der Waals surface area contributed by atoms with E-state index in [9.17, 15) is 13.6 Å². The molecule has 0 spiro atoms. The summed E-state index contributed by atoms with van der Waals surface area (Å²) in [6, 6.07) is 3.19. The molecule has 1 aliphatic rings. The van der Waals surface area contributed by atoms with Gasteiger partial charge in [-0.1, -0.05) is 6.92 Å². The first-order valence-electron chi connectivity index (χ1n) is 4.72. The molecule has 80 valence electrons. The smallest absolute Gasteiger partial charge is 0.306 e. The summed E-state index contributed by atoms with van der Waals surface area (Å²) >= 11 is 0. The maximum atomic E-state index is 12.9. The van der Waals surface area contributed by atoms with Gasteiger partial charge in [0.2, 0.25) is 0 Å². The number of benzene rings is 1. The van der Waals surface area contributed by atoms with E-state index in [-0.39, 0.29) is 11.9 Å². The van der Waals surface area contributed by atoms with Crippen LogP contribution in [0, 0.1) is 17.6 Å². The normalized spacial score (nSPS) is 25.4. The maximum absolute atomic E-state index is 12.9. The Kier molecular flexibility index (Phi) is 2.42. The minimum atomic E-state index is -0.653. The molecule has 1 aliphatic heterocycles. The monoisotopic (exact) mass is 212 g/mol. The van der Waals surface area contributed by atoms with Crippen molar-refractivity contribution in [1.29, 1.82) is 0 Å². The fourth-order valence-electron chi connectivity index (χ4n) is 1.81. The van der Waals surface area contributed by atoms with Crippen LogP contribution in [0.1, 0.15) is 25.0 Å². The molecule has 1 saturated heterocycles. The average molecular weight is 212 g/mol. The quantitative estimate of drug-likeness (QED) is 0.669. The summed E-state index contributed by atoms with van der Waals surface area (Å²) in [6.07, 6.45) is -0.231. The van der Waals surface area contributed by atoms with Crippen molar-refractivity contribution in [1.82, 2.24) is 0 Å². The molecule has 1 heterocycles. The highest BCUT2D eigenvalue weighted by molar-refractivity contribution is 5.72. The van der Waals surface area contributed by atoms with Gasteiger partial charge in [-0.2, -0.15) is 0 Å². The van der Waals surface area contributed by atoms with E-state index >= 15 is 0 Å². The molecule has 2 atom stereocenters. The fourth-order valence-corrected chi connectivity index (χ4v) is 1.81. The molecule has 0 radical (unpaired) electrons. The predicted molar refractivity (Wildman–Crippen MR) is 49.0 cm³/mol. The zero-order chi connectivity index (χ0) is 11.0. The van der Waals surface area contributed by atoms with Gasteiger partial charge in [-0.25, -0.2) is 8.78 Å². The number of carbonyl (C=O) groups is 1. The van der Waals surface area contributed by atoms with E-state index in [0.29, 0.717) is 12.0 Å². The number of rotatable bonds is 1. The standard InChI is InChI=1S/C11H10F2O2/c1-6-2-10(14)15-11(6)7-3-8(12)5-9(13)4-7/h3-6,11H,2H2,1H3/t6-,11+/m1/s1. The molecule has 0 N–H and O–H groups in total. The van der Waals surface area contributed by atoms with Crippen molar-refractivity contribution < 1.29 is 18.3 Å². The molecule has 0 unspecified atom stereocenters. The van der Waals surface area contributed by atoms with Gasteiger partial charge in [0.25, 0.3) is 0 Å². The van der Waals surface area contributed by atoms with Gasteiger partial charge in [0, 0.05) is 12.0 Å². The first-order chi connectivity index (χ1) is 7.06. The summed E-state index contributed by atoms with van der Waals surface area (Å²) in [6.45, 7) is 1.82. The van der Waals surface area contributed by atoms with E-state index in [1.807, 2.05) is 6.92 Å². The number of cyclic esters (lactones) is 1. The SMILES string of the molecule is C[C@@H]1CC(=O)O[C@@H]1c1cc(F)cc(F)c1. The van der Waals surface area contributed by atoms with Gasteiger partial charge in [0.05, 0.1) is 6.42 Å². The number of esters is 1. The fraction of sp³-hybridized carbons (Fsp3) is 0.364. The molecule has 0 aliphatic carbocycles. The van der Waals surface area contributed by atoms with Crippen LogP contribution in [0.2, 0.25) is 0 Å². The van der Waals surface area contributed by atoms with Crippen molar-refractivity contribution in [2.24, 2.45) is 5.92 Å². The Labute approximate surface area is 85.9 Å². The molecule has 2 nitrogen and oxygen atoms in total. The van der Waals surface area contributed by atoms with Gasteiger partial charge < -0.3 is 4.74 Å². The maximum Gasteiger partial charge on any atom is 0.306 e. The summed E-state index contributed by atoms with van der Waals surface area (Å²) in [5.41, 5.74) is 0.380. The van der Waals surface area contributed by atoms with E-state index in [0.717, 1.165) is 6.07 Å². The second-order valence-electron chi connectivity index (χ2n) is 3.79. The summed E-state index contributed by atoms with van der Waals surface area (Å²) in [5.74, 6) is -1.67. The lowest BCUT2D eigenvalue weighted by molar-refractivity contribution is -0.141. The van der Waals surface area contributed by atoms with Crippen molar-refractivity contribution in [3.05, 3.63) is 35.4 Å². The van der Waals surface area contributed by atoms with Gasteiger partial charge in [0.15, 0.2) is 0 Å². The summed E-state index contributed by atoms with van der Waals surface area (Å²) in [7, 11) is 0. The van der Waals surface area contributed by atoms with Crippen LogP contribution in [-0.2, 0) is 9.53 Å². The summed E-state index contributed by atoms with van der Waals surface area (Å²) in [4.78, 5) is 11.0. The van der Waals surface area contributed by atoms with Crippen molar-refractivity contribution in [2.45, 2.75) is 19.4 Å². The van der Waals surface area contributed by atoms with Gasteiger partial charge >= 0.3 is 5.97 Å². The Morgan fingerprint density at radius 2 is 1.87 bits per heavy atom. The topological polar surface area (TPSA) is 26.3 Å². The van der Waals surface area contributed by atoms with E-state index < -0.39 is 17.7 Å². The highest BCUT2D eigenvalue weighted by Gasteiger charge is 2.32.